The van der Waals surface area contributed by atoms with E-state index in [1.807, 2.05) is 54.3 Å². The molecule has 0 radical (unpaired) electrons. The Labute approximate surface area is 163 Å². The third-order valence-electron chi connectivity index (χ3n) is 5.16. The van der Waals surface area contributed by atoms with Crippen molar-refractivity contribution >= 4 is 17.2 Å². The number of phenols is 1. The number of piperidine rings is 1. The molecule has 0 bridgehead atoms. The van der Waals surface area contributed by atoms with Gasteiger partial charge in [0.15, 0.2) is 0 Å². The fourth-order valence-electron chi connectivity index (χ4n) is 3.61. The number of aromatic nitrogens is 1. The Morgan fingerprint density at radius 3 is 2.41 bits per heavy atom. The predicted molar refractivity (Wildman–Crippen MR) is 108 cm³/mol. The number of aryl methyl sites for hydroxylation is 1. The van der Waals surface area contributed by atoms with Gasteiger partial charge in [-0.1, -0.05) is 42.5 Å². The molecule has 1 fully saturated rings. The lowest BCUT2D eigenvalue weighted by molar-refractivity contribution is 0.0717. The number of thiazole rings is 1. The first-order valence-electron chi connectivity index (χ1n) is 9.23. The predicted octanol–water partition coefficient (Wildman–Crippen LogP) is 4.84. The summed E-state index contributed by atoms with van der Waals surface area (Å²) in [6.07, 6.45) is 1.89. The summed E-state index contributed by atoms with van der Waals surface area (Å²) in [5, 5.41) is 10.3. The SMILES string of the molecule is Cc1nc(-c2ccccc2)sc1C(=O)N1CCC(c2ccc(O)cc2)CC1. The average molecular weight is 378 g/mol. The average Bonchev–Trinajstić information content (AvgIpc) is 3.10. The van der Waals surface area contributed by atoms with Gasteiger partial charge in [0.25, 0.3) is 5.91 Å². The quantitative estimate of drug-likeness (QED) is 0.709. The van der Waals surface area contributed by atoms with Gasteiger partial charge < -0.3 is 10.0 Å². The number of carbonyl (C=O) groups excluding carboxylic acids is 1. The van der Waals surface area contributed by atoms with Crippen molar-refractivity contribution in [1.82, 2.24) is 9.88 Å². The minimum absolute atomic E-state index is 0.0938. The zero-order valence-corrected chi connectivity index (χ0v) is 16.1. The Morgan fingerprint density at radius 1 is 1.07 bits per heavy atom. The summed E-state index contributed by atoms with van der Waals surface area (Å²) in [4.78, 5) is 20.3. The second kappa shape index (κ2) is 7.53. The fourth-order valence-corrected chi connectivity index (χ4v) is 4.64. The molecule has 1 aliphatic rings. The van der Waals surface area contributed by atoms with Crippen molar-refractivity contribution < 1.29 is 9.90 Å². The van der Waals surface area contributed by atoms with Gasteiger partial charge in [-0.05, 0) is 43.4 Å². The normalized spacial score (nSPS) is 15.1. The molecule has 27 heavy (non-hydrogen) atoms. The molecule has 1 aliphatic heterocycles. The van der Waals surface area contributed by atoms with Crippen molar-refractivity contribution in [1.29, 1.82) is 0 Å². The van der Waals surface area contributed by atoms with Crippen LogP contribution in [0.1, 0.15) is 39.7 Å². The van der Waals surface area contributed by atoms with Gasteiger partial charge in [-0.25, -0.2) is 4.98 Å². The number of hydrogen-bond donors (Lipinski definition) is 1. The molecule has 3 aromatic rings. The highest BCUT2D eigenvalue weighted by molar-refractivity contribution is 7.17. The molecular weight excluding hydrogens is 356 g/mol. The lowest BCUT2D eigenvalue weighted by Crippen LogP contribution is -2.37. The zero-order chi connectivity index (χ0) is 18.8. The zero-order valence-electron chi connectivity index (χ0n) is 15.3. The summed E-state index contributed by atoms with van der Waals surface area (Å²) >= 11 is 1.48. The summed E-state index contributed by atoms with van der Waals surface area (Å²) in [7, 11) is 0. The third kappa shape index (κ3) is 3.74. The first-order valence-corrected chi connectivity index (χ1v) is 10.0. The van der Waals surface area contributed by atoms with Crippen LogP contribution in [0.15, 0.2) is 54.6 Å². The molecule has 0 saturated carbocycles. The van der Waals surface area contributed by atoms with Crippen LogP contribution < -0.4 is 0 Å². The number of phenolic OH excluding ortho intramolecular Hbond substituents is 1. The van der Waals surface area contributed by atoms with E-state index in [2.05, 4.69) is 4.98 Å². The van der Waals surface area contributed by atoms with Gasteiger partial charge in [-0.2, -0.15) is 0 Å². The van der Waals surface area contributed by atoms with E-state index in [1.165, 1.54) is 16.9 Å². The molecule has 4 rings (SSSR count). The Hall–Kier alpha value is -2.66. The van der Waals surface area contributed by atoms with Crippen molar-refractivity contribution in [2.45, 2.75) is 25.7 Å². The van der Waals surface area contributed by atoms with Crippen molar-refractivity contribution in [3.63, 3.8) is 0 Å². The van der Waals surface area contributed by atoms with Gasteiger partial charge >= 0.3 is 0 Å². The molecule has 138 valence electrons. The molecule has 2 heterocycles. The topological polar surface area (TPSA) is 53.4 Å². The lowest BCUT2D eigenvalue weighted by Gasteiger charge is -2.32. The molecule has 4 nitrogen and oxygen atoms in total. The highest BCUT2D eigenvalue weighted by Crippen LogP contribution is 2.32. The lowest BCUT2D eigenvalue weighted by atomic mass is 9.89. The van der Waals surface area contributed by atoms with Crippen LogP contribution in [0, 0.1) is 6.92 Å². The Bertz CT molecular complexity index is 927. The first-order chi connectivity index (χ1) is 13.1. The molecule has 1 aromatic heterocycles. The molecule has 0 atom stereocenters. The standard InChI is InChI=1S/C22H22N2O2S/c1-15-20(27-21(23-15)18-5-3-2-4-6-18)22(26)24-13-11-17(12-14-24)16-7-9-19(25)10-8-16/h2-10,17,25H,11-14H2,1H3. The molecule has 1 amide bonds. The van der Waals surface area contributed by atoms with Crippen molar-refractivity contribution in [3.05, 3.63) is 70.7 Å². The number of amides is 1. The van der Waals surface area contributed by atoms with Gasteiger partial charge in [0.05, 0.1) is 5.69 Å². The molecule has 5 heteroatoms. The monoisotopic (exact) mass is 378 g/mol. The smallest absolute Gasteiger partial charge is 0.265 e. The second-order valence-corrected chi connectivity index (χ2v) is 7.96. The summed E-state index contributed by atoms with van der Waals surface area (Å²) in [5.74, 6) is 0.828. The highest BCUT2D eigenvalue weighted by Gasteiger charge is 2.27. The van der Waals surface area contributed by atoms with Crippen LogP contribution in [0.25, 0.3) is 10.6 Å². The first kappa shape index (κ1) is 17.7. The third-order valence-corrected chi connectivity index (χ3v) is 6.35. The van der Waals surface area contributed by atoms with E-state index in [1.54, 1.807) is 12.1 Å². The Morgan fingerprint density at radius 2 is 1.74 bits per heavy atom. The van der Waals surface area contributed by atoms with Crippen LogP contribution in [0.3, 0.4) is 0 Å². The molecule has 2 aromatic carbocycles. The summed E-state index contributed by atoms with van der Waals surface area (Å²) in [6.45, 7) is 3.42. The Kier molecular flexibility index (Phi) is 4.94. The molecular formula is C22H22N2O2S. The van der Waals surface area contributed by atoms with E-state index in [0.29, 0.717) is 11.7 Å². The summed E-state index contributed by atoms with van der Waals surface area (Å²) < 4.78 is 0. The minimum atomic E-state index is 0.0938. The van der Waals surface area contributed by atoms with E-state index < -0.39 is 0 Å². The summed E-state index contributed by atoms with van der Waals surface area (Å²) in [5.41, 5.74) is 3.10. The maximum absolute atomic E-state index is 13.0. The highest BCUT2D eigenvalue weighted by atomic mass is 32.1. The van der Waals surface area contributed by atoms with E-state index in [4.69, 9.17) is 0 Å². The van der Waals surface area contributed by atoms with Gasteiger partial charge in [-0.3, -0.25) is 4.79 Å². The number of nitrogens with zero attached hydrogens (tertiary/aromatic N) is 2. The molecule has 0 unspecified atom stereocenters. The fraction of sp³-hybridized carbons (Fsp3) is 0.273. The Balaban J connectivity index is 1.45. The maximum Gasteiger partial charge on any atom is 0.265 e. The van der Waals surface area contributed by atoms with Crippen LogP contribution in [-0.2, 0) is 0 Å². The van der Waals surface area contributed by atoms with E-state index >= 15 is 0 Å². The molecule has 0 aliphatic carbocycles. The molecule has 0 spiro atoms. The minimum Gasteiger partial charge on any atom is -0.508 e. The van der Waals surface area contributed by atoms with Crippen LogP contribution >= 0.6 is 11.3 Å². The largest absolute Gasteiger partial charge is 0.508 e. The molecule has 1 saturated heterocycles. The second-order valence-electron chi connectivity index (χ2n) is 6.96. The van der Waals surface area contributed by atoms with Crippen LogP contribution in [0.2, 0.25) is 0 Å². The van der Waals surface area contributed by atoms with Crippen molar-refractivity contribution in [2.24, 2.45) is 0 Å². The van der Waals surface area contributed by atoms with Crippen LogP contribution in [0.5, 0.6) is 5.75 Å². The number of hydrogen-bond acceptors (Lipinski definition) is 4. The number of aromatic hydroxyl groups is 1. The number of carbonyl (C=O) groups is 1. The molecule has 1 N–H and O–H groups in total. The van der Waals surface area contributed by atoms with Gasteiger partial charge in [0.2, 0.25) is 0 Å². The van der Waals surface area contributed by atoms with E-state index in [0.717, 1.165) is 47.1 Å². The van der Waals surface area contributed by atoms with E-state index in [-0.39, 0.29) is 5.91 Å². The summed E-state index contributed by atoms with van der Waals surface area (Å²) in [6, 6.07) is 17.4. The number of benzene rings is 2. The van der Waals surface area contributed by atoms with Crippen molar-refractivity contribution in [3.8, 4) is 16.3 Å². The van der Waals surface area contributed by atoms with Crippen LogP contribution in [-0.4, -0.2) is 34.0 Å². The van der Waals surface area contributed by atoms with Gasteiger partial charge in [0.1, 0.15) is 15.6 Å². The van der Waals surface area contributed by atoms with Gasteiger partial charge in [-0.15, -0.1) is 11.3 Å². The van der Waals surface area contributed by atoms with Gasteiger partial charge in [0, 0.05) is 18.7 Å². The van der Waals surface area contributed by atoms with Crippen LogP contribution in [0.4, 0.5) is 0 Å². The van der Waals surface area contributed by atoms with E-state index in [9.17, 15) is 9.90 Å². The number of rotatable bonds is 3. The maximum atomic E-state index is 13.0. The number of likely N-dealkylation sites (tertiary alicyclic amines) is 1. The van der Waals surface area contributed by atoms with Crippen molar-refractivity contribution in [2.75, 3.05) is 13.1 Å².